The zero-order valence-corrected chi connectivity index (χ0v) is 22.4. The lowest BCUT2D eigenvalue weighted by atomic mass is 9.92. The van der Waals surface area contributed by atoms with Crippen LogP contribution in [0.2, 0.25) is 0 Å². The van der Waals surface area contributed by atoms with Crippen molar-refractivity contribution in [3.8, 4) is 39.3 Å². The SMILES string of the molecule is c1ccc(-c2ccc(-c3nc4ccccc4n3-c3ccc(-c4c5ccccc5cc5ccccc45)cc3)cc2)cc1. The van der Waals surface area contributed by atoms with Crippen LogP contribution in [0.5, 0.6) is 0 Å². The average molecular weight is 523 g/mol. The summed E-state index contributed by atoms with van der Waals surface area (Å²) in [6, 6.07) is 56.2. The van der Waals surface area contributed by atoms with Gasteiger partial charge >= 0.3 is 0 Å². The molecule has 0 fully saturated rings. The lowest BCUT2D eigenvalue weighted by Crippen LogP contribution is -1.98. The molecule has 0 aliphatic heterocycles. The fraction of sp³-hybridized carbons (Fsp3) is 0. The molecular weight excluding hydrogens is 496 g/mol. The van der Waals surface area contributed by atoms with Crippen LogP contribution in [0.15, 0.2) is 158 Å². The lowest BCUT2D eigenvalue weighted by Gasteiger charge is -2.14. The van der Waals surface area contributed by atoms with E-state index in [4.69, 9.17) is 4.98 Å². The van der Waals surface area contributed by atoms with Crippen LogP contribution in [0, 0.1) is 0 Å². The van der Waals surface area contributed by atoms with Crippen molar-refractivity contribution in [1.29, 1.82) is 0 Å². The van der Waals surface area contributed by atoms with Crippen molar-refractivity contribution in [3.05, 3.63) is 158 Å². The lowest BCUT2D eigenvalue weighted by molar-refractivity contribution is 1.10. The second kappa shape index (κ2) is 9.62. The van der Waals surface area contributed by atoms with Crippen LogP contribution in [0.3, 0.4) is 0 Å². The van der Waals surface area contributed by atoms with Gasteiger partial charge in [-0.2, -0.15) is 0 Å². The number of para-hydroxylation sites is 2. The van der Waals surface area contributed by atoms with Crippen molar-refractivity contribution in [2.75, 3.05) is 0 Å². The number of fused-ring (bicyclic) bond motifs is 3. The number of imidazole rings is 1. The van der Waals surface area contributed by atoms with Crippen molar-refractivity contribution in [2.45, 2.75) is 0 Å². The van der Waals surface area contributed by atoms with Crippen molar-refractivity contribution < 1.29 is 0 Å². The molecule has 0 aliphatic carbocycles. The van der Waals surface area contributed by atoms with Crippen molar-refractivity contribution >= 4 is 32.6 Å². The second-order valence-corrected chi connectivity index (χ2v) is 10.4. The molecule has 0 bridgehead atoms. The molecule has 1 aromatic heterocycles. The first kappa shape index (κ1) is 23.4. The van der Waals surface area contributed by atoms with E-state index < -0.39 is 0 Å². The Morgan fingerprint density at radius 3 is 1.66 bits per heavy atom. The summed E-state index contributed by atoms with van der Waals surface area (Å²) in [6.07, 6.45) is 0. The van der Waals surface area contributed by atoms with E-state index >= 15 is 0 Å². The van der Waals surface area contributed by atoms with Crippen LogP contribution in [0.1, 0.15) is 0 Å². The van der Waals surface area contributed by atoms with Gasteiger partial charge in [0.05, 0.1) is 11.0 Å². The highest BCUT2D eigenvalue weighted by atomic mass is 15.1. The first-order valence-corrected chi connectivity index (χ1v) is 14.0. The third-order valence-electron chi connectivity index (χ3n) is 8.00. The fourth-order valence-electron chi connectivity index (χ4n) is 6.03. The Kier molecular flexibility index (Phi) is 5.49. The minimum atomic E-state index is 0.939. The largest absolute Gasteiger partial charge is 0.292 e. The van der Waals surface area contributed by atoms with Crippen molar-refractivity contribution in [1.82, 2.24) is 9.55 Å². The maximum Gasteiger partial charge on any atom is 0.145 e. The zero-order valence-electron chi connectivity index (χ0n) is 22.4. The summed E-state index contributed by atoms with van der Waals surface area (Å²) in [5.41, 5.74) is 9.15. The van der Waals surface area contributed by atoms with Gasteiger partial charge < -0.3 is 0 Å². The molecule has 0 saturated heterocycles. The van der Waals surface area contributed by atoms with E-state index in [1.54, 1.807) is 0 Å². The molecule has 0 saturated carbocycles. The maximum absolute atomic E-state index is 5.09. The topological polar surface area (TPSA) is 17.8 Å². The third-order valence-corrected chi connectivity index (χ3v) is 8.00. The average Bonchev–Trinajstić information content (AvgIpc) is 3.44. The monoisotopic (exact) mass is 522 g/mol. The van der Waals surface area contributed by atoms with Gasteiger partial charge in [-0.3, -0.25) is 4.57 Å². The Morgan fingerprint density at radius 1 is 0.415 bits per heavy atom. The first-order chi connectivity index (χ1) is 20.3. The molecule has 192 valence electrons. The normalized spacial score (nSPS) is 11.4. The smallest absolute Gasteiger partial charge is 0.145 e. The van der Waals surface area contributed by atoms with Gasteiger partial charge in [0, 0.05) is 11.3 Å². The molecule has 0 radical (unpaired) electrons. The molecule has 0 atom stereocenters. The molecule has 0 amide bonds. The molecule has 0 spiro atoms. The van der Waals surface area contributed by atoms with E-state index in [1.807, 2.05) is 6.07 Å². The van der Waals surface area contributed by atoms with Gasteiger partial charge in [0.1, 0.15) is 5.82 Å². The van der Waals surface area contributed by atoms with Gasteiger partial charge in [-0.25, -0.2) is 4.98 Å². The summed E-state index contributed by atoms with van der Waals surface area (Å²) >= 11 is 0. The van der Waals surface area contributed by atoms with Gasteiger partial charge in [-0.15, -0.1) is 0 Å². The quantitative estimate of drug-likeness (QED) is 0.210. The second-order valence-electron chi connectivity index (χ2n) is 10.4. The van der Waals surface area contributed by atoms with Crippen molar-refractivity contribution in [3.63, 3.8) is 0 Å². The van der Waals surface area contributed by atoms with Gasteiger partial charge in [-0.1, -0.05) is 127 Å². The molecule has 0 unspecified atom stereocenters. The minimum absolute atomic E-state index is 0.939. The number of rotatable bonds is 4. The highest BCUT2D eigenvalue weighted by molar-refractivity contribution is 6.12. The van der Waals surface area contributed by atoms with Crippen LogP contribution >= 0.6 is 0 Å². The van der Waals surface area contributed by atoms with Crippen LogP contribution < -0.4 is 0 Å². The Hall–Kier alpha value is -5.47. The summed E-state index contributed by atoms with van der Waals surface area (Å²) in [7, 11) is 0. The van der Waals surface area contributed by atoms with E-state index in [2.05, 4.69) is 156 Å². The summed E-state index contributed by atoms with van der Waals surface area (Å²) < 4.78 is 2.28. The summed E-state index contributed by atoms with van der Waals surface area (Å²) in [6.45, 7) is 0. The molecule has 8 aromatic rings. The summed E-state index contributed by atoms with van der Waals surface area (Å²) in [5, 5.41) is 5.05. The number of benzene rings is 7. The number of nitrogens with zero attached hydrogens (tertiary/aromatic N) is 2. The van der Waals surface area contributed by atoms with Gasteiger partial charge in [0.25, 0.3) is 0 Å². The molecule has 8 rings (SSSR count). The van der Waals surface area contributed by atoms with E-state index in [0.29, 0.717) is 0 Å². The molecular formula is C39H26N2. The molecule has 0 aliphatic rings. The molecule has 0 N–H and O–H groups in total. The zero-order chi connectivity index (χ0) is 27.2. The molecule has 1 heterocycles. The number of hydrogen-bond acceptors (Lipinski definition) is 1. The maximum atomic E-state index is 5.09. The Morgan fingerprint density at radius 2 is 0.951 bits per heavy atom. The first-order valence-electron chi connectivity index (χ1n) is 14.0. The van der Waals surface area contributed by atoms with E-state index in [-0.39, 0.29) is 0 Å². The highest BCUT2D eigenvalue weighted by Gasteiger charge is 2.16. The van der Waals surface area contributed by atoms with Gasteiger partial charge in [0.15, 0.2) is 0 Å². The summed E-state index contributed by atoms with van der Waals surface area (Å²) in [4.78, 5) is 5.09. The molecule has 2 heteroatoms. The Labute approximate surface area is 238 Å². The van der Waals surface area contributed by atoms with Crippen LogP contribution in [0.4, 0.5) is 0 Å². The minimum Gasteiger partial charge on any atom is -0.292 e. The standard InChI is InChI=1S/C39H26N2/c1-2-10-27(11-3-1)28-18-20-30(21-19-28)39-40-36-16-8-9-17-37(36)41(39)33-24-22-29(23-25-33)38-34-14-6-4-12-31(34)26-32-13-5-7-15-35(32)38/h1-26H. The van der Waals surface area contributed by atoms with E-state index in [1.165, 1.54) is 43.8 Å². The Balaban J connectivity index is 1.27. The molecule has 41 heavy (non-hydrogen) atoms. The predicted octanol–water partition coefficient (Wildman–Crippen LogP) is 10.3. The summed E-state index contributed by atoms with van der Waals surface area (Å²) in [5.74, 6) is 0.939. The van der Waals surface area contributed by atoms with E-state index in [0.717, 1.165) is 28.1 Å². The molecule has 2 nitrogen and oxygen atoms in total. The molecule has 7 aromatic carbocycles. The van der Waals surface area contributed by atoms with Crippen molar-refractivity contribution in [2.24, 2.45) is 0 Å². The van der Waals surface area contributed by atoms with Gasteiger partial charge in [-0.05, 0) is 74.1 Å². The van der Waals surface area contributed by atoms with Crippen LogP contribution in [-0.4, -0.2) is 9.55 Å². The number of aromatic nitrogens is 2. The Bertz CT molecular complexity index is 2120. The number of hydrogen-bond donors (Lipinski definition) is 0. The fourth-order valence-corrected chi connectivity index (χ4v) is 6.03. The van der Waals surface area contributed by atoms with Crippen LogP contribution in [0.25, 0.3) is 71.9 Å². The predicted molar refractivity (Wildman–Crippen MR) is 172 cm³/mol. The van der Waals surface area contributed by atoms with E-state index in [9.17, 15) is 0 Å². The van der Waals surface area contributed by atoms with Gasteiger partial charge in [0.2, 0.25) is 0 Å². The van der Waals surface area contributed by atoms with Crippen LogP contribution in [-0.2, 0) is 0 Å². The third kappa shape index (κ3) is 4.00. The highest BCUT2D eigenvalue weighted by Crippen LogP contribution is 2.37.